The predicted octanol–water partition coefficient (Wildman–Crippen LogP) is 5.25. The Morgan fingerprint density at radius 2 is 1.84 bits per heavy atom. The number of rotatable bonds is 8. The number of methoxy groups -OCH3 is 1. The smallest absolute Gasteiger partial charge is 0.185 e. The largest absolute Gasteiger partial charge is 0.496 e. The second kappa shape index (κ2) is 9.19. The summed E-state index contributed by atoms with van der Waals surface area (Å²) in [4.78, 5) is 12.3. The van der Waals surface area contributed by atoms with Crippen molar-refractivity contribution >= 4 is 11.9 Å². The minimum Gasteiger partial charge on any atom is -0.496 e. The van der Waals surface area contributed by atoms with Gasteiger partial charge in [-0.15, -0.1) is 0 Å². The molecule has 3 nitrogen and oxygen atoms in total. The van der Waals surface area contributed by atoms with E-state index in [-0.39, 0.29) is 5.78 Å². The molecule has 25 heavy (non-hydrogen) atoms. The van der Waals surface area contributed by atoms with Gasteiger partial charge in [-0.1, -0.05) is 50.3 Å². The molecule has 0 unspecified atom stereocenters. The summed E-state index contributed by atoms with van der Waals surface area (Å²) in [5.41, 5.74) is 3.85. The van der Waals surface area contributed by atoms with Crippen LogP contribution in [0.15, 0.2) is 48.5 Å². The molecule has 132 valence electrons. The Bertz CT molecular complexity index is 727. The third-order valence-electron chi connectivity index (χ3n) is 4.06. The molecule has 0 radical (unpaired) electrons. The number of hydrogen-bond acceptors (Lipinski definition) is 3. The van der Waals surface area contributed by atoms with Gasteiger partial charge in [0.05, 0.1) is 13.7 Å². The molecule has 0 aromatic heterocycles. The summed E-state index contributed by atoms with van der Waals surface area (Å²) in [6.07, 6.45) is 3.43. The van der Waals surface area contributed by atoms with Crippen LogP contribution in [0, 0.1) is 0 Å². The average molecular weight is 338 g/mol. The lowest BCUT2D eigenvalue weighted by atomic mass is 10.00. The van der Waals surface area contributed by atoms with E-state index in [2.05, 4.69) is 13.8 Å². The molecule has 0 fully saturated rings. The molecule has 0 bridgehead atoms. The van der Waals surface area contributed by atoms with Crippen LogP contribution in [-0.2, 0) is 11.3 Å². The lowest BCUT2D eigenvalue weighted by Crippen LogP contribution is -1.97. The molecule has 3 heteroatoms. The number of ketones is 1. The van der Waals surface area contributed by atoms with Gasteiger partial charge in [0.2, 0.25) is 0 Å². The van der Waals surface area contributed by atoms with Gasteiger partial charge in [-0.05, 0) is 42.2 Å². The molecule has 0 saturated heterocycles. The summed E-state index contributed by atoms with van der Waals surface area (Å²) < 4.78 is 10.8. The van der Waals surface area contributed by atoms with Gasteiger partial charge in [-0.25, -0.2) is 0 Å². The Kier molecular flexibility index (Phi) is 6.96. The van der Waals surface area contributed by atoms with Crippen LogP contribution in [0.2, 0.25) is 0 Å². The zero-order valence-electron chi connectivity index (χ0n) is 15.4. The number of allylic oxidation sites excluding steroid dienone is 1. The van der Waals surface area contributed by atoms with Gasteiger partial charge < -0.3 is 9.47 Å². The molecular formula is C22H26O3. The SMILES string of the molecule is CCOCc1cc(/C=C/C(=O)c2ccc(C(C)C)cc2)ccc1OC. The minimum atomic E-state index is -0.00233. The first-order valence-corrected chi connectivity index (χ1v) is 8.62. The second-order valence-corrected chi connectivity index (χ2v) is 6.18. The van der Waals surface area contributed by atoms with Crippen LogP contribution < -0.4 is 4.74 Å². The van der Waals surface area contributed by atoms with Gasteiger partial charge in [0.25, 0.3) is 0 Å². The van der Waals surface area contributed by atoms with E-state index < -0.39 is 0 Å². The van der Waals surface area contributed by atoms with E-state index in [9.17, 15) is 4.79 Å². The first-order valence-electron chi connectivity index (χ1n) is 8.62. The van der Waals surface area contributed by atoms with E-state index in [1.165, 1.54) is 5.56 Å². The van der Waals surface area contributed by atoms with Crippen LogP contribution in [0.1, 0.15) is 53.7 Å². The summed E-state index contributed by atoms with van der Waals surface area (Å²) in [7, 11) is 1.64. The van der Waals surface area contributed by atoms with Gasteiger partial charge in [0, 0.05) is 17.7 Å². The Labute approximate surface area is 150 Å². The second-order valence-electron chi connectivity index (χ2n) is 6.18. The quantitative estimate of drug-likeness (QED) is 0.487. The molecule has 0 saturated carbocycles. The third kappa shape index (κ3) is 5.30. The highest BCUT2D eigenvalue weighted by molar-refractivity contribution is 6.06. The lowest BCUT2D eigenvalue weighted by Gasteiger charge is -2.09. The highest BCUT2D eigenvalue weighted by Crippen LogP contribution is 2.22. The Morgan fingerprint density at radius 3 is 2.44 bits per heavy atom. The van der Waals surface area contributed by atoms with Crippen LogP contribution >= 0.6 is 0 Å². The summed E-state index contributed by atoms with van der Waals surface area (Å²) in [6, 6.07) is 13.6. The highest BCUT2D eigenvalue weighted by Gasteiger charge is 2.06. The standard InChI is InChI=1S/C22H26O3/c1-5-25-15-20-14-17(7-13-22(20)24-4)6-12-21(23)19-10-8-18(9-11-19)16(2)3/h6-14,16H,5,15H2,1-4H3/b12-6+. The maximum atomic E-state index is 12.3. The molecule has 0 amide bonds. The van der Waals surface area contributed by atoms with Gasteiger partial charge in [-0.2, -0.15) is 0 Å². The monoisotopic (exact) mass is 338 g/mol. The van der Waals surface area contributed by atoms with Gasteiger partial charge in [-0.3, -0.25) is 4.79 Å². The van der Waals surface area contributed by atoms with Crippen molar-refractivity contribution in [3.63, 3.8) is 0 Å². The van der Waals surface area contributed by atoms with E-state index in [1.54, 1.807) is 13.2 Å². The zero-order chi connectivity index (χ0) is 18.2. The maximum Gasteiger partial charge on any atom is 0.185 e. The predicted molar refractivity (Wildman–Crippen MR) is 102 cm³/mol. The molecule has 0 aliphatic heterocycles. The summed E-state index contributed by atoms with van der Waals surface area (Å²) in [5.74, 6) is 1.25. The van der Waals surface area contributed by atoms with E-state index in [1.807, 2.05) is 55.5 Å². The summed E-state index contributed by atoms with van der Waals surface area (Å²) in [5, 5.41) is 0. The molecule has 0 spiro atoms. The Balaban J connectivity index is 2.13. The van der Waals surface area contributed by atoms with Gasteiger partial charge in [0.15, 0.2) is 5.78 Å². The van der Waals surface area contributed by atoms with E-state index in [4.69, 9.17) is 9.47 Å². The first-order chi connectivity index (χ1) is 12.0. The molecule has 0 N–H and O–H groups in total. The average Bonchev–Trinajstić information content (AvgIpc) is 2.64. The number of carbonyl (C=O) groups is 1. The molecule has 0 heterocycles. The fourth-order valence-corrected chi connectivity index (χ4v) is 2.53. The first kappa shape index (κ1) is 18.9. The normalized spacial score (nSPS) is 11.2. The summed E-state index contributed by atoms with van der Waals surface area (Å²) >= 11 is 0. The number of hydrogen-bond donors (Lipinski definition) is 0. The molecule has 2 rings (SSSR count). The van der Waals surface area contributed by atoms with Crippen LogP contribution in [0.25, 0.3) is 6.08 Å². The molecule has 0 atom stereocenters. The van der Waals surface area contributed by atoms with E-state index >= 15 is 0 Å². The van der Waals surface area contributed by atoms with Crippen LogP contribution in [-0.4, -0.2) is 19.5 Å². The van der Waals surface area contributed by atoms with Crippen molar-refractivity contribution in [2.45, 2.75) is 33.3 Å². The fraction of sp³-hybridized carbons (Fsp3) is 0.318. The lowest BCUT2D eigenvalue weighted by molar-refractivity contribution is 0.104. The van der Waals surface area contributed by atoms with Crippen molar-refractivity contribution in [1.82, 2.24) is 0 Å². The molecular weight excluding hydrogens is 312 g/mol. The van der Waals surface area contributed by atoms with Crippen LogP contribution in [0.3, 0.4) is 0 Å². The number of benzene rings is 2. The number of ether oxygens (including phenoxy) is 2. The van der Waals surface area contributed by atoms with Gasteiger partial charge in [0.1, 0.15) is 5.75 Å². The minimum absolute atomic E-state index is 0.00233. The van der Waals surface area contributed by atoms with Crippen LogP contribution in [0.4, 0.5) is 0 Å². The zero-order valence-corrected chi connectivity index (χ0v) is 15.4. The van der Waals surface area contributed by atoms with Crippen LogP contribution in [0.5, 0.6) is 5.75 Å². The molecule has 2 aromatic carbocycles. The Hall–Kier alpha value is -2.39. The van der Waals surface area contributed by atoms with E-state index in [0.717, 1.165) is 16.9 Å². The summed E-state index contributed by atoms with van der Waals surface area (Å²) in [6.45, 7) is 7.37. The van der Waals surface area contributed by atoms with Crippen molar-refractivity contribution in [2.75, 3.05) is 13.7 Å². The fourth-order valence-electron chi connectivity index (χ4n) is 2.53. The maximum absolute atomic E-state index is 12.3. The van der Waals surface area contributed by atoms with Gasteiger partial charge >= 0.3 is 0 Å². The molecule has 0 aliphatic carbocycles. The van der Waals surface area contributed by atoms with Crippen molar-refractivity contribution in [1.29, 1.82) is 0 Å². The number of carbonyl (C=O) groups excluding carboxylic acids is 1. The van der Waals surface area contributed by atoms with Crippen molar-refractivity contribution < 1.29 is 14.3 Å². The highest BCUT2D eigenvalue weighted by atomic mass is 16.5. The third-order valence-corrected chi connectivity index (χ3v) is 4.06. The molecule has 2 aromatic rings. The Morgan fingerprint density at radius 1 is 1.12 bits per heavy atom. The topological polar surface area (TPSA) is 35.5 Å². The van der Waals surface area contributed by atoms with E-state index in [0.29, 0.717) is 24.7 Å². The van der Waals surface area contributed by atoms with Crippen molar-refractivity contribution in [3.05, 3.63) is 70.8 Å². The van der Waals surface area contributed by atoms with Crippen molar-refractivity contribution in [3.8, 4) is 5.75 Å². The van der Waals surface area contributed by atoms with Crippen molar-refractivity contribution in [2.24, 2.45) is 0 Å². The molecule has 0 aliphatic rings.